The smallest absolute Gasteiger partial charge is 0.232 e. The first-order chi connectivity index (χ1) is 13.0. The number of rotatable bonds is 4. The van der Waals surface area contributed by atoms with Crippen molar-refractivity contribution in [2.45, 2.75) is 6.92 Å². The van der Waals surface area contributed by atoms with Gasteiger partial charge in [-0.2, -0.15) is 0 Å². The summed E-state index contributed by atoms with van der Waals surface area (Å²) in [5.41, 5.74) is 4.17. The predicted molar refractivity (Wildman–Crippen MR) is 106 cm³/mol. The Balaban J connectivity index is 2.01. The molecule has 0 bridgehead atoms. The van der Waals surface area contributed by atoms with Crippen molar-refractivity contribution in [1.82, 2.24) is 15.0 Å². The Morgan fingerprint density at radius 1 is 1.11 bits per heavy atom. The topological polar surface area (TPSA) is 57.1 Å². The van der Waals surface area contributed by atoms with E-state index in [9.17, 15) is 4.39 Å². The van der Waals surface area contributed by atoms with Crippen molar-refractivity contribution >= 4 is 38.7 Å². The number of hydrogen-bond donors (Lipinski definition) is 0. The molecule has 0 amide bonds. The van der Waals surface area contributed by atoms with Crippen molar-refractivity contribution in [3.8, 4) is 22.2 Å². The van der Waals surface area contributed by atoms with Crippen LogP contribution in [0.3, 0.4) is 0 Å². The molecule has 0 aliphatic rings. The molecule has 0 N–H and O–H groups in total. The second kappa shape index (κ2) is 6.59. The third-order valence-electron chi connectivity index (χ3n) is 4.36. The lowest BCUT2D eigenvalue weighted by molar-refractivity contribution is 0.386. The van der Waals surface area contributed by atoms with Crippen molar-refractivity contribution in [1.29, 1.82) is 0 Å². The lowest BCUT2D eigenvalue weighted by Crippen LogP contribution is -1.93. The molecule has 0 unspecified atom stereocenters. The van der Waals surface area contributed by atoms with Crippen LogP contribution in [0.4, 0.5) is 4.39 Å². The zero-order chi connectivity index (χ0) is 19.1. The summed E-state index contributed by atoms with van der Waals surface area (Å²) in [6.07, 6.45) is 3.31. The Morgan fingerprint density at radius 3 is 2.63 bits per heavy atom. The third-order valence-corrected chi connectivity index (χ3v) is 5.39. The minimum atomic E-state index is -0.393. The first kappa shape index (κ1) is 17.4. The number of hydrogen-bond acceptors (Lipinski definition) is 6. The van der Waals surface area contributed by atoms with Gasteiger partial charge in [-0.25, -0.2) is 19.3 Å². The normalized spacial score (nSPS) is 11.1. The number of halogens is 1. The molecule has 0 aliphatic heterocycles. The lowest BCUT2D eigenvalue weighted by atomic mass is 10.1. The van der Waals surface area contributed by atoms with Gasteiger partial charge in [0.2, 0.25) is 5.88 Å². The van der Waals surface area contributed by atoms with Crippen LogP contribution in [-0.2, 0) is 0 Å². The van der Waals surface area contributed by atoms with Gasteiger partial charge in [0.1, 0.15) is 5.01 Å². The molecule has 2 heterocycles. The Kier molecular flexibility index (Phi) is 4.24. The monoisotopic (exact) mass is 381 g/mol. The molecule has 7 heteroatoms. The van der Waals surface area contributed by atoms with E-state index in [2.05, 4.69) is 21.5 Å². The van der Waals surface area contributed by atoms with Gasteiger partial charge < -0.3 is 9.47 Å². The van der Waals surface area contributed by atoms with Crippen molar-refractivity contribution in [2.24, 2.45) is 0 Å². The van der Waals surface area contributed by atoms with Gasteiger partial charge in [0.15, 0.2) is 11.6 Å². The van der Waals surface area contributed by atoms with Crippen LogP contribution in [0.5, 0.6) is 11.6 Å². The number of aromatic nitrogens is 3. The quantitative estimate of drug-likeness (QED) is 0.497. The molecule has 4 aromatic rings. The Hall–Kier alpha value is -3.06. The molecule has 0 saturated carbocycles. The molecule has 0 radical (unpaired) electrons. The predicted octanol–water partition coefficient (Wildman–Crippen LogP) is 5.01. The molecule has 2 aromatic heterocycles. The molecule has 27 heavy (non-hydrogen) atoms. The van der Waals surface area contributed by atoms with E-state index >= 15 is 0 Å². The second-order valence-electron chi connectivity index (χ2n) is 5.94. The van der Waals surface area contributed by atoms with Crippen molar-refractivity contribution in [3.63, 3.8) is 0 Å². The van der Waals surface area contributed by atoms with E-state index in [-0.39, 0.29) is 5.75 Å². The number of aryl methyl sites for hydroxylation is 1. The average molecular weight is 381 g/mol. The minimum Gasteiger partial charge on any atom is -0.494 e. The maximum atomic E-state index is 14.4. The van der Waals surface area contributed by atoms with Crippen LogP contribution in [0.15, 0.2) is 31.0 Å². The van der Waals surface area contributed by atoms with Gasteiger partial charge in [-0.15, -0.1) is 11.3 Å². The van der Waals surface area contributed by atoms with Crippen LogP contribution < -0.4 is 9.47 Å². The number of ether oxygens (including phenoxy) is 2. The summed E-state index contributed by atoms with van der Waals surface area (Å²) in [4.78, 5) is 13.6. The standard InChI is InChI=1S/C20H16FN3O2S/c1-5-11-6-12(19-13(7-11)23-16(26-4)9-22-19)20-24-18-10(2)17(21)14(25-3)8-15(18)27-20/h5-9H,1H2,2-4H3. The van der Waals surface area contributed by atoms with E-state index in [0.717, 1.165) is 20.8 Å². The molecule has 0 saturated heterocycles. The van der Waals surface area contributed by atoms with Crippen LogP contribution in [-0.4, -0.2) is 29.2 Å². The molecular weight excluding hydrogens is 365 g/mol. The average Bonchev–Trinajstić information content (AvgIpc) is 3.13. The van der Waals surface area contributed by atoms with Gasteiger partial charge in [-0.3, -0.25) is 0 Å². The number of thiazole rings is 1. The van der Waals surface area contributed by atoms with Crippen LogP contribution in [0.2, 0.25) is 0 Å². The zero-order valence-electron chi connectivity index (χ0n) is 15.0. The lowest BCUT2D eigenvalue weighted by Gasteiger charge is -2.06. The highest BCUT2D eigenvalue weighted by Gasteiger charge is 2.18. The number of methoxy groups -OCH3 is 2. The van der Waals surface area contributed by atoms with E-state index in [0.29, 0.717) is 28.0 Å². The third kappa shape index (κ3) is 2.80. The van der Waals surface area contributed by atoms with Crippen LogP contribution in [0.25, 0.3) is 37.9 Å². The number of nitrogens with zero attached hydrogens (tertiary/aromatic N) is 3. The van der Waals surface area contributed by atoms with E-state index in [4.69, 9.17) is 9.47 Å². The fraction of sp³-hybridized carbons (Fsp3) is 0.150. The summed E-state index contributed by atoms with van der Waals surface area (Å²) in [6.45, 7) is 5.54. The largest absolute Gasteiger partial charge is 0.494 e. The summed E-state index contributed by atoms with van der Waals surface area (Å²) in [7, 11) is 3.00. The Bertz CT molecular complexity index is 1200. The molecule has 0 atom stereocenters. The molecule has 0 fully saturated rings. The first-order valence-corrected chi connectivity index (χ1v) is 8.98. The van der Waals surface area contributed by atoms with E-state index in [1.807, 2.05) is 12.1 Å². The van der Waals surface area contributed by atoms with Gasteiger partial charge in [-0.1, -0.05) is 12.7 Å². The number of fused-ring (bicyclic) bond motifs is 2. The van der Waals surface area contributed by atoms with Gasteiger partial charge in [-0.05, 0) is 24.6 Å². The Morgan fingerprint density at radius 2 is 1.93 bits per heavy atom. The molecule has 4 rings (SSSR count). The van der Waals surface area contributed by atoms with Crippen LogP contribution in [0, 0.1) is 12.7 Å². The van der Waals surface area contributed by atoms with Crippen LogP contribution >= 0.6 is 11.3 Å². The summed E-state index contributed by atoms with van der Waals surface area (Å²) in [5.74, 6) is 0.252. The molecule has 0 aliphatic carbocycles. The SMILES string of the molecule is C=Cc1cc(-c2nc3c(C)c(F)c(OC)cc3s2)c2ncc(OC)nc2c1. The Labute approximate surface area is 159 Å². The highest BCUT2D eigenvalue weighted by molar-refractivity contribution is 7.21. The summed E-state index contributed by atoms with van der Waals surface area (Å²) >= 11 is 1.46. The van der Waals surface area contributed by atoms with Crippen molar-refractivity contribution in [2.75, 3.05) is 14.2 Å². The number of benzene rings is 2. The fourth-order valence-electron chi connectivity index (χ4n) is 2.94. The zero-order valence-corrected chi connectivity index (χ0v) is 15.9. The highest BCUT2D eigenvalue weighted by Crippen LogP contribution is 2.38. The summed E-state index contributed by atoms with van der Waals surface area (Å²) in [5, 5.41) is 0.730. The molecular formula is C20H16FN3O2S. The van der Waals surface area contributed by atoms with Gasteiger partial charge >= 0.3 is 0 Å². The first-order valence-electron chi connectivity index (χ1n) is 8.17. The molecule has 5 nitrogen and oxygen atoms in total. The van der Waals surface area contributed by atoms with Gasteiger partial charge in [0.05, 0.1) is 41.7 Å². The maximum Gasteiger partial charge on any atom is 0.232 e. The maximum absolute atomic E-state index is 14.4. The molecule has 0 spiro atoms. The molecule has 2 aromatic carbocycles. The van der Waals surface area contributed by atoms with E-state index < -0.39 is 5.82 Å². The van der Waals surface area contributed by atoms with Crippen molar-refractivity contribution in [3.05, 3.63) is 47.9 Å². The van der Waals surface area contributed by atoms with Gasteiger partial charge in [0.25, 0.3) is 0 Å². The van der Waals surface area contributed by atoms with Crippen molar-refractivity contribution < 1.29 is 13.9 Å². The second-order valence-corrected chi connectivity index (χ2v) is 6.97. The highest BCUT2D eigenvalue weighted by atomic mass is 32.1. The van der Waals surface area contributed by atoms with Gasteiger partial charge in [0, 0.05) is 17.2 Å². The summed E-state index contributed by atoms with van der Waals surface area (Å²) < 4.78 is 25.5. The van der Waals surface area contributed by atoms with E-state index in [1.54, 1.807) is 32.4 Å². The van der Waals surface area contributed by atoms with Crippen LogP contribution in [0.1, 0.15) is 11.1 Å². The van der Waals surface area contributed by atoms with E-state index in [1.165, 1.54) is 18.4 Å². The minimum absolute atomic E-state index is 0.212. The fourth-order valence-corrected chi connectivity index (χ4v) is 4.01. The summed E-state index contributed by atoms with van der Waals surface area (Å²) in [6, 6.07) is 5.52. The molecule has 136 valence electrons.